The standard InChI is InChI=1S/C15H6Cl2F3N7/c1-26-12(5-22)10(4-21)24-14(26)11-6-23-27(25-11)13-8(16)2-7(3-9(13)17)15(18,19)20/h2-3,6H,1H3. The summed E-state index contributed by atoms with van der Waals surface area (Å²) in [7, 11) is 1.51. The molecule has 0 spiro atoms. The molecule has 0 aliphatic rings. The second-order valence-corrected chi connectivity index (χ2v) is 6.04. The zero-order valence-corrected chi connectivity index (χ0v) is 14.8. The van der Waals surface area contributed by atoms with E-state index in [-0.39, 0.29) is 38.6 Å². The molecule has 0 amide bonds. The second-order valence-electron chi connectivity index (χ2n) is 5.22. The molecule has 2 aromatic heterocycles. The molecule has 0 saturated carbocycles. The van der Waals surface area contributed by atoms with E-state index < -0.39 is 11.7 Å². The van der Waals surface area contributed by atoms with Gasteiger partial charge in [-0.2, -0.15) is 28.8 Å². The molecule has 0 atom stereocenters. The molecule has 0 aliphatic carbocycles. The molecule has 0 bridgehead atoms. The van der Waals surface area contributed by atoms with E-state index in [2.05, 4.69) is 15.2 Å². The quantitative estimate of drug-likeness (QED) is 0.639. The average molecular weight is 412 g/mol. The largest absolute Gasteiger partial charge is 0.416 e. The van der Waals surface area contributed by atoms with Gasteiger partial charge in [-0.25, -0.2) is 4.98 Å². The van der Waals surface area contributed by atoms with Gasteiger partial charge in [0.15, 0.2) is 17.2 Å². The van der Waals surface area contributed by atoms with E-state index in [4.69, 9.17) is 33.7 Å². The van der Waals surface area contributed by atoms with Crippen molar-refractivity contribution < 1.29 is 13.2 Å². The lowest BCUT2D eigenvalue weighted by molar-refractivity contribution is -0.137. The third kappa shape index (κ3) is 3.21. The van der Waals surface area contributed by atoms with Crippen molar-refractivity contribution in [2.45, 2.75) is 6.18 Å². The number of alkyl halides is 3. The van der Waals surface area contributed by atoms with Crippen molar-refractivity contribution in [3.63, 3.8) is 0 Å². The van der Waals surface area contributed by atoms with Gasteiger partial charge in [0, 0.05) is 7.05 Å². The van der Waals surface area contributed by atoms with Crippen LogP contribution in [-0.4, -0.2) is 24.5 Å². The highest BCUT2D eigenvalue weighted by atomic mass is 35.5. The Morgan fingerprint density at radius 1 is 1.11 bits per heavy atom. The number of halogens is 5. The second kappa shape index (κ2) is 6.58. The fourth-order valence-electron chi connectivity index (χ4n) is 2.33. The molecule has 0 aliphatic heterocycles. The zero-order valence-electron chi connectivity index (χ0n) is 13.3. The van der Waals surface area contributed by atoms with Crippen molar-refractivity contribution >= 4 is 23.2 Å². The van der Waals surface area contributed by atoms with Crippen molar-refractivity contribution in [3.05, 3.63) is 45.3 Å². The van der Waals surface area contributed by atoms with E-state index in [9.17, 15) is 13.2 Å². The molecule has 0 N–H and O–H groups in total. The first-order chi connectivity index (χ1) is 12.7. The Balaban J connectivity index is 2.10. The van der Waals surface area contributed by atoms with Crippen LogP contribution in [0, 0.1) is 22.7 Å². The van der Waals surface area contributed by atoms with Crippen LogP contribution in [0.25, 0.3) is 17.2 Å². The molecule has 12 heteroatoms. The summed E-state index contributed by atoms with van der Waals surface area (Å²) in [6.07, 6.45) is -3.35. The average Bonchev–Trinajstić information content (AvgIpc) is 3.17. The topological polar surface area (TPSA) is 96.1 Å². The van der Waals surface area contributed by atoms with Crippen LogP contribution in [0.4, 0.5) is 13.2 Å². The van der Waals surface area contributed by atoms with Gasteiger partial charge in [-0.05, 0) is 12.1 Å². The first-order valence-electron chi connectivity index (χ1n) is 7.03. The highest BCUT2D eigenvalue weighted by Gasteiger charge is 2.32. The smallest absolute Gasteiger partial charge is 0.316 e. The van der Waals surface area contributed by atoms with Gasteiger partial charge in [-0.3, -0.25) is 0 Å². The number of aromatic nitrogens is 5. The van der Waals surface area contributed by atoms with Crippen LogP contribution in [0.15, 0.2) is 18.3 Å². The lowest BCUT2D eigenvalue weighted by Crippen LogP contribution is -2.08. The van der Waals surface area contributed by atoms with E-state index in [1.165, 1.54) is 17.8 Å². The van der Waals surface area contributed by atoms with Crippen LogP contribution >= 0.6 is 23.2 Å². The Morgan fingerprint density at radius 2 is 1.74 bits per heavy atom. The molecular weight excluding hydrogens is 406 g/mol. The predicted molar refractivity (Wildman–Crippen MR) is 88.0 cm³/mol. The maximum Gasteiger partial charge on any atom is 0.416 e. The van der Waals surface area contributed by atoms with Gasteiger partial charge in [-0.15, -0.1) is 9.90 Å². The Morgan fingerprint density at radius 3 is 2.22 bits per heavy atom. The van der Waals surface area contributed by atoms with Gasteiger partial charge in [0.2, 0.25) is 0 Å². The first-order valence-corrected chi connectivity index (χ1v) is 7.79. The monoisotopic (exact) mass is 411 g/mol. The molecule has 1 aromatic carbocycles. The van der Waals surface area contributed by atoms with E-state index in [1.807, 2.05) is 6.07 Å². The highest BCUT2D eigenvalue weighted by Crippen LogP contribution is 2.37. The van der Waals surface area contributed by atoms with Gasteiger partial charge in [0.05, 0.1) is 21.8 Å². The molecule has 3 rings (SSSR count). The summed E-state index contributed by atoms with van der Waals surface area (Å²) in [4.78, 5) is 4.97. The minimum Gasteiger partial charge on any atom is -0.316 e. The Labute approximate surface area is 159 Å². The van der Waals surface area contributed by atoms with E-state index in [0.717, 1.165) is 4.80 Å². The van der Waals surface area contributed by atoms with Crippen LogP contribution in [-0.2, 0) is 13.2 Å². The minimum absolute atomic E-state index is 0.0349. The van der Waals surface area contributed by atoms with E-state index in [0.29, 0.717) is 12.1 Å². The lowest BCUT2D eigenvalue weighted by Gasteiger charge is -2.11. The third-order valence-corrected chi connectivity index (χ3v) is 4.15. The van der Waals surface area contributed by atoms with Gasteiger partial charge < -0.3 is 4.57 Å². The molecule has 0 radical (unpaired) electrons. The number of benzene rings is 1. The Bertz CT molecular complexity index is 1110. The summed E-state index contributed by atoms with van der Waals surface area (Å²) in [5.74, 6) is 0.175. The highest BCUT2D eigenvalue weighted by molar-refractivity contribution is 6.37. The summed E-state index contributed by atoms with van der Waals surface area (Å²) < 4.78 is 39.9. The van der Waals surface area contributed by atoms with Crippen LogP contribution in [0.2, 0.25) is 10.0 Å². The molecule has 7 nitrogen and oxygen atoms in total. The fourth-order valence-corrected chi connectivity index (χ4v) is 2.97. The van der Waals surface area contributed by atoms with Gasteiger partial charge in [-0.1, -0.05) is 23.2 Å². The van der Waals surface area contributed by atoms with Crippen LogP contribution in [0.5, 0.6) is 0 Å². The van der Waals surface area contributed by atoms with Crippen LogP contribution < -0.4 is 0 Å². The molecule has 3 aromatic rings. The Kier molecular flexibility index (Phi) is 4.56. The van der Waals surface area contributed by atoms with Crippen molar-refractivity contribution in [2.24, 2.45) is 7.05 Å². The SMILES string of the molecule is Cn1c(-c2cnn(-c3c(Cl)cc(C(F)(F)F)cc3Cl)n2)nc(C#N)c1C#N. The summed E-state index contributed by atoms with van der Waals surface area (Å²) in [6, 6.07) is 5.09. The van der Waals surface area contributed by atoms with Gasteiger partial charge >= 0.3 is 6.18 Å². The maximum absolute atomic E-state index is 12.8. The number of hydrogen-bond donors (Lipinski definition) is 0. The number of nitrogens with zero attached hydrogens (tertiary/aromatic N) is 7. The Hall–Kier alpha value is -3.08. The molecule has 27 heavy (non-hydrogen) atoms. The molecule has 0 fully saturated rings. The van der Waals surface area contributed by atoms with E-state index in [1.54, 1.807) is 6.07 Å². The molecular formula is C15H6Cl2F3N7. The third-order valence-electron chi connectivity index (χ3n) is 3.57. The maximum atomic E-state index is 12.8. The number of imidazole rings is 1. The molecule has 0 saturated heterocycles. The zero-order chi connectivity index (χ0) is 19.9. The van der Waals surface area contributed by atoms with Crippen LogP contribution in [0.3, 0.4) is 0 Å². The van der Waals surface area contributed by atoms with Crippen molar-refractivity contribution in [3.8, 4) is 29.3 Å². The number of rotatable bonds is 2. The van der Waals surface area contributed by atoms with Crippen molar-refractivity contribution in [2.75, 3.05) is 0 Å². The first kappa shape index (κ1) is 18.7. The predicted octanol–water partition coefficient (Wildman–Crippen LogP) is 3.74. The summed E-state index contributed by atoms with van der Waals surface area (Å²) in [5.41, 5.74) is -0.937. The van der Waals surface area contributed by atoms with Crippen molar-refractivity contribution in [1.82, 2.24) is 24.5 Å². The minimum atomic E-state index is -4.61. The summed E-state index contributed by atoms with van der Waals surface area (Å²) >= 11 is 11.9. The number of hydrogen-bond acceptors (Lipinski definition) is 5. The van der Waals surface area contributed by atoms with E-state index >= 15 is 0 Å². The van der Waals surface area contributed by atoms with Gasteiger partial charge in [0.1, 0.15) is 23.5 Å². The van der Waals surface area contributed by atoms with Crippen molar-refractivity contribution in [1.29, 1.82) is 10.5 Å². The lowest BCUT2D eigenvalue weighted by atomic mass is 10.2. The van der Waals surface area contributed by atoms with Crippen LogP contribution in [0.1, 0.15) is 17.0 Å². The molecule has 2 heterocycles. The van der Waals surface area contributed by atoms with Gasteiger partial charge in [0.25, 0.3) is 0 Å². The molecule has 0 unspecified atom stereocenters. The normalized spacial score (nSPS) is 11.3. The number of nitriles is 2. The summed E-state index contributed by atoms with van der Waals surface area (Å²) in [6.45, 7) is 0. The molecule has 136 valence electrons. The fraction of sp³-hybridized carbons (Fsp3) is 0.133. The summed E-state index contributed by atoms with van der Waals surface area (Å²) in [5, 5.41) is 25.6.